The van der Waals surface area contributed by atoms with Crippen LogP contribution in [0.15, 0.2) is 54.6 Å². The van der Waals surface area contributed by atoms with Crippen LogP contribution in [-0.2, 0) is 4.79 Å². The summed E-state index contributed by atoms with van der Waals surface area (Å²) in [6.07, 6.45) is 9.27. The molecule has 5 nitrogen and oxygen atoms in total. The van der Waals surface area contributed by atoms with Gasteiger partial charge in [0.25, 0.3) is 0 Å². The number of benzene rings is 1. The predicted octanol–water partition coefficient (Wildman–Crippen LogP) is 3.27. The highest BCUT2D eigenvalue weighted by molar-refractivity contribution is 5.66. The molecule has 5 heteroatoms. The van der Waals surface area contributed by atoms with E-state index in [1.165, 1.54) is 5.56 Å². The van der Waals surface area contributed by atoms with Crippen molar-refractivity contribution in [3.8, 4) is 0 Å². The van der Waals surface area contributed by atoms with Crippen molar-refractivity contribution in [2.45, 2.75) is 62.8 Å². The van der Waals surface area contributed by atoms with E-state index in [-0.39, 0.29) is 24.2 Å². The summed E-state index contributed by atoms with van der Waals surface area (Å²) in [5.41, 5.74) is 1.26. The summed E-state index contributed by atoms with van der Waals surface area (Å²) < 4.78 is 0. The van der Waals surface area contributed by atoms with Gasteiger partial charge in [-0.3, -0.25) is 4.79 Å². The van der Waals surface area contributed by atoms with Gasteiger partial charge in [0.2, 0.25) is 0 Å². The molecular weight excluding hydrogens is 368 g/mol. The van der Waals surface area contributed by atoms with Crippen LogP contribution in [0.1, 0.15) is 50.0 Å². The van der Waals surface area contributed by atoms with Gasteiger partial charge in [-0.05, 0) is 49.0 Å². The summed E-state index contributed by atoms with van der Waals surface area (Å²) >= 11 is 0. The van der Waals surface area contributed by atoms with Crippen molar-refractivity contribution in [2.24, 2.45) is 17.8 Å². The van der Waals surface area contributed by atoms with E-state index in [1.54, 1.807) is 6.08 Å². The molecule has 158 valence electrons. The first kappa shape index (κ1) is 21.8. The molecule has 0 spiro atoms. The van der Waals surface area contributed by atoms with Crippen LogP contribution in [0.3, 0.4) is 0 Å². The van der Waals surface area contributed by atoms with E-state index in [1.807, 2.05) is 36.4 Å². The Morgan fingerprint density at radius 3 is 2.59 bits per heavy atom. The Morgan fingerprint density at radius 1 is 1.10 bits per heavy atom. The highest BCUT2D eigenvalue weighted by Crippen LogP contribution is 2.50. The minimum absolute atomic E-state index is 0.0895. The van der Waals surface area contributed by atoms with E-state index >= 15 is 0 Å². The highest BCUT2D eigenvalue weighted by atomic mass is 16.4. The molecular formula is C24H32O5. The van der Waals surface area contributed by atoms with Crippen molar-refractivity contribution in [3.63, 3.8) is 0 Å². The number of aliphatic hydroxyl groups is 3. The maximum Gasteiger partial charge on any atom is 0.303 e. The van der Waals surface area contributed by atoms with E-state index in [0.29, 0.717) is 31.6 Å². The predicted molar refractivity (Wildman–Crippen MR) is 111 cm³/mol. The van der Waals surface area contributed by atoms with Crippen molar-refractivity contribution in [2.75, 3.05) is 0 Å². The standard InChI is InChI=1S/C24H32O5/c25-21(20-14-19(20)16-8-4-3-5-9-16)13-12-18-17(22(26)15-23(18)27)10-6-1-2-7-11-24(28)29/h1,3-6,8-9,12-13,17-23,25-27H,2,7,10-11,14-15H2,(H,28,29)/b6-1+,13-12+/t17-,18-,19?,20?,21-,22+,23-/m1/s1. The molecule has 3 rings (SSSR count). The van der Waals surface area contributed by atoms with Crippen LogP contribution >= 0.6 is 0 Å². The van der Waals surface area contributed by atoms with Crippen LogP contribution in [0.5, 0.6) is 0 Å². The van der Waals surface area contributed by atoms with Gasteiger partial charge >= 0.3 is 5.97 Å². The number of carbonyl (C=O) groups is 1. The van der Waals surface area contributed by atoms with Gasteiger partial charge in [-0.15, -0.1) is 0 Å². The Balaban J connectivity index is 1.51. The third kappa shape index (κ3) is 6.01. The monoisotopic (exact) mass is 400 g/mol. The van der Waals surface area contributed by atoms with Crippen LogP contribution in [0.2, 0.25) is 0 Å². The van der Waals surface area contributed by atoms with E-state index in [2.05, 4.69) is 12.1 Å². The Bertz CT molecular complexity index is 713. The van der Waals surface area contributed by atoms with Crippen molar-refractivity contribution in [1.82, 2.24) is 0 Å². The number of carboxylic acids is 1. The van der Waals surface area contributed by atoms with Gasteiger partial charge in [0.05, 0.1) is 18.3 Å². The average Bonchev–Trinajstić information content (AvgIpc) is 3.45. The van der Waals surface area contributed by atoms with Gasteiger partial charge in [0.15, 0.2) is 0 Å². The zero-order valence-electron chi connectivity index (χ0n) is 16.7. The summed E-state index contributed by atoms with van der Waals surface area (Å²) in [5.74, 6) is -0.462. The number of aliphatic hydroxyl groups excluding tert-OH is 3. The molecule has 29 heavy (non-hydrogen) atoms. The number of rotatable bonds is 10. The Kier molecular flexibility index (Phi) is 7.64. The normalized spacial score (nSPS) is 32.8. The second kappa shape index (κ2) is 10.2. The lowest BCUT2D eigenvalue weighted by molar-refractivity contribution is -0.137. The fraction of sp³-hybridized carbons (Fsp3) is 0.542. The summed E-state index contributed by atoms with van der Waals surface area (Å²) in [7, 11) is 0. The maximum atomic E-state index is 10.5. The molecule has 0 heterocycles. The van der Waals surface area contributed by atoms with E-state index in [9.17, 15) is 20.1 Å². The molecule has 0 aromatic heterocycles. The minimum atomic E-state index is -0.790. The van der Waals surface area contributed by atoms with Gasteiger partial charge in [-0.25, -0.2) is 0 Å². The van der Waals surface area contributed by atoms with Gasteiger partial charge in [0.1, 0.15) is 0 Å². The zero-order chi connectivity index (χ0) is 20.8. The fourth-order valence-electron chi connectivity index (χ4n) is 4.51. The first-order valence-electron chi connectivity index (χ1n) is 10.6. The van der Waals surface area contributed by atoms with Gasteiger partial charge in [0, 0.05) is 18.8 Å². The lowest BCUT2D eigenvalue weighted by Crippen LogP contribution is -2.20. The highest BCUT2D eigenvalue weighted by Gasteiger charge is 2.43. The molecule has 1 aromatic rings. The van der Waals surface area contributed by atoms with Gasteiger partial charge in [-0.2, -0.15) is 0 Å². The maximum absolute atomic E-state index is 10.5. The molecule has 0 radical (unpaired) electrons. The molecule has 0 amide bonds. The number of carboxylic acid groups (broad SMARTS) is 1. The van der Waals surface area contributed by atoms with Crippen LogP contribution in [0, 0.1) is 17.8 Å². The molecule has 1 aromatic carbocycles. The largest absolute Gasteiger partial charge is 0.481 e. The first-order valence-corrected chi connectivity index (χ1v) is 10.6. The second-order valence-electron chi connectivity index (χ2n) is 8.40. The minimum Gasteiger partial charge on any atom is -0.481 e. The Hall–Kier alpha value is -1.95. The number of allylic oxidation sites excluding steroid dienone is 2. The van der Waals surface area contributed by atoms with E-state index in [4.69, 9.17) is 5.11 Å². The summed E-state index contributed by atoms with van der Waals surface area (Å²) in [6.45, 7) is 0. The fourth-order valence-corrected chi connectivity index (χ4v) is 4.51. The number of unbranched alkanes of at least 4 members (excludes halogenated alkanes) is 1. The Labute approximate surface area is 172 Å². The lowest BCUT2D eigenvalue weighted by Gasteiger charge is -2.19. The van der Waals surface area contributed by atoms with Crippen molar-refractivity contribution in [3.05, 3.63) is 60.2 Å². The van der Waals surface area contributed by atoms with Crippen LogP contribution in [-0.4, -0.2) is 44.7 Å². The molecule has 2 aliphatic carbocycles. The van der Waals surface area contributed by atoms with Gasteiger partial charge in [-0.1, -0.05) is 54.6 Å². The van der Waals surface area contributed by atoms with Crippen LogP contribution in [0.4, 0.5) is 0 Å². The van der Waals surface area contributed by atoms with Crippen molar-refractivity contribution < 1.29 is 25.2 Å². The second-order valence-corrected chi connectivity index (χ2v) is 8.40. The smallest absolute Gasteiger partial charge is 0.303 e. The summed E-state index contributed by atoms with van der Waals surface area (Å²) in [5, 5.41) is 39.9. The first-order chi connectivity index (χ1) is 14.0. The molecule has 7 atom stereocenters. The van der Waals surface area contributed by atoms with E-state index in [0.717, 1.165) is 6.42 Å². The molecule has 2 saturated carbocycles. The molecule has 0 bridgehead atoms. The quantitative estimate of drug-likeness (QED) is 0.357. The summed E-state index contributed by atoms with van der Waals surface area (Å²) in [6, 6.07) is 10.2. The zero-order valence-corrected chi connectivity index (χ0v) is 16.7. The molecule has 0 aliphatic heterocycles. The summed E-state index contributed by atoms with van der Waals surface area (Å²) in [4.78, 5) is 10.5. The van der Waals surface area contributed by atoms with E-state index < -0.39 is 24.3 Å². The molecule has 2 unspecified atom stereocenters. The topological polar surface area (TPSA) is 98.0 Å². The lowest BCUT2D eigenvalue weighted by atomic mass is 9.89. The van der Waals surface area contributed by atoms with Crippen molar-refractivity contribution in [1.29, 1.82) is 0 Å². The number of hydrogen-bond donors (Lipinski definition) is 4. The van der Waals surface area contributed by atoms with Crippen LogP contribution < -0.4 is 0 Å². The number of aliphatic carboxylic acids is 1. The Morgan fingerprint density at radius 2 is 1.86 bits per heavy atom. The molecule has 4 N–H and O–H groups in total. The molecule has 2 fully saturated rings. The van der Waals surface area contributed by atoms with Gasteiger partial charge < -0.3 is 20.4 Å². The molecule has 2 aliphatic rings. The third-order valence-electron chi connectivity index (χ3n) is 6.29. The van der Waals surface area contributed by atoms with Crippen LogP contribution in [0.25, 0.3) is 0 Å². The molecule has 0 saturated heterocycles. The van der Waals surface area contributed by atoms with Crippen molar-refractivity contribution >= 4 is 5.97 Å². The SMILES string of the molecule is O=C(O)CCC/C=C/C[C@@H]1[C@@H](/C=C/[C@@H](O)C2CC2c2ccccc2)[C@H](O)C[C@@H]1O. The average molecular weight is 401 g/mol. The third-order valence-corrected chi connectivity index (χ3v) is 6.29. The number of hydrogen-bond acceptors (Lipinski definition) is 4.